The van der Waals surface area contributed by atoms with Crippen molar-refractivity contribution in [2.24, 2.45) is 16.8 Å². The smallest absolute Gasteiger partial charge is 0.0388 e. The summed E-state index contributed by atoms with van der Waals surface area (Å²) >= 11 is 0. The van der Waals surface area contributed by atoms with Gasteiger partial charge < -0.3 is 0 Å². The summed E-state index contributed by atoms with van der Waals surface area (Å²) < 4.78 is 0. The number of aliphatic imine (C=N–C) groups is 1. The Balaban J connectivity index is 2.10. The first kappa shape index (κ1) is 5.45. The fourth-order valence-electron chi connectivity index (χ4n) is 2.07. The zero-order valence-corrected chi connectivity index (χ0v) is 5.71. The largest absolute Gasteiger partial charge is 0.297 e. The topological polar surface area (TPSA) is 12.4 Å². The van der Waals surface area contributed by atoms with Crippen molar-refractivity contribution in [3.8, 4) is 0 Å². The van der Waals surface area contributed by atoms with Crippen LogP contribution in [0.15, 0.2) is 4.99 Å². The molecule has 2 atom stereocenters. The summed E-state index contributed by atoms with van der Waals surface area (Å²) in [6.07, 6.45) is 7.88. The van der Waals surface area contributed by atoms with Crippen LogP contribution in [0.1, 0.15) is 25.7 Å². The Morgan fingerprint density at radius 3 is 3.11 bits per heavy atom. The van der Waals surface area contributed by atoms with E-state index in [1.54, 1.807) is 0 Å². The van der Waals surface area contributed by atoms with E-state index in [4.69, 9.17) is 0 Å². The van der Waals surface area contributed by atoms with Crippen LogP contribution in [0.4, 0.5) is 0 Å². The van der Waals surface area contributed by atoms with E-state index >= 15 is 0 Å². The number of hydrogen-bond acceptors (Lipinski definition) is 1. The van der Waals surface area contributed by atoms with E-state index in [9.17, 15) is 0 Å². The van der Waals surface area contributed by atoms with E-state index in [2.05, 4.69) is 11.2 Å². The molecule has 50 valence electrons. The molecule has 0 aromatic rings. The minimum atomic E-state index is 0.874. The van der Waals surface area contributed by atoms with Crippen LogP contribution in [-0.4, -0.2) is 12.8 Å². The Labute approximate surface area is 56.2 Å². The van der Waals surface area contributed by atoms with Gasteiger partial charge in [-0.15, -0.1) is 0 Å². The summed E-state index contributed by atoms with van der Waals surface area (Å²) in [6.45, 7) is 1.10. The van der Waals surface area contributed by atoms with Crippen molar-refractivity contribution in [1.29, 1.82) is 0 Å². The van der Waals surface area contributed by atoms with Crippen molar-refractivity contribution >= 4 is 6.21 Å². The van der Waals surface area contributed by atoms with Crippen LogP contribution in [0.5, 0.6) is 0 Å². The Morgan fingerprint density at radius 1 is 1.22 bits per heavy atom. The van der Waals surface area contributed by atoms with Crippen molar-refractivity contribution < 1.29 is 0 Å². The monoisotopic (exact) mass is 123 g/mol. The molecule has 1 aliphatic heterocycles. The lowest BCUT2D eigenvalue weighted by Crippen LogP contribution is -2.14. The molecule has 0 saturated heterocycles. The molecular weight excluding hydrogens is 110 g/mol. The fourth-order valence-corrected chi connectivity index (χ4v) is 2.07. The van der Waals surface area contributed by atoms with Gasteiger partial charge in [0, 0.05) is 12.8 Å². The van der Waals surface area contributed by atoms with Crippen molar-refractivity contribution in [3.63, 3.8) is 0 Å². The summed E-state index contributed by atoms with van der Waals surface area (Å²) in [5, 5.41) is 0. The number of fused-ring (bicyclic) bond motifs is 1. The molecule has 1 aliphatic carbocycles. The van der Waals surface area contributed by atoms with E-state index in [1.165, 1.54) is 25.7 Å². The summed E-state index contributed by atoms with van der Waals surface area (Å²) in [7, 11) is 0. The highest BCUT2D eigenvalue weighted by Gasteiger charge is 2.26. The van der Waals surface area contributed by atoms with Gasteiger partial charge in [0.25, 0.3) is 0 Å². The third-order valence-electron chi connectivity index (χ3n) is 2.64. The molecule has 0 bridgehead atoms. The zero-order valence-electron chi connectivity index (χ0n) is 5.71. The summed E-state index contributed by atoms with van der Waals surface area (Å²) in [6, 6.07) is 0. The summed E-state index contributed by atoms with van der Waals surface area (Å²) in [5.41, 5.74) is 0. The molecule has 2 unspecified atom stereocenters. The van der Waals surface area contributed by atoms with Gasteiger partial charge in [-0.25, -0.2) is 0 Å². The van der Waals surface area contributed by atoms with Crippen molar-refractivity contribution in [2.45, 2.75) is 25.7 Å². The minimum Gasteiger partial charge on any atom is -0.297 e. The number of rotatable bonds is 0. The molecule has 1 heterocycles. The van der Waals surface area contributed by atoms with Crippen LogP contribution in [0, 0.1) is 11.8 Å². The van der Waals surface area contributed by atoms with Gasteiger partial charge in [0.15, 0.2) is 0 Å². The lowest BCUT2D eigenvalue weighted by molar-refractivity contribution is 0.440. The first-order valence-corrected chi connectivity index (χ1v) is 3.97. The van der Waals surface area contributed by atoms with E-state index < -0.39 is 0 Å². The molecule has 0 N–H and O–H groups in total. The van der Waals surface area contributed by atoms with E-state index in [-0.39, 0.29) is 0 Å². The Morgan fingerprint density at radius 2 is 2.22 bits per heavy atom. The molecule has 1 heteroatoms. The molecule has 0 spiro atoms. The normalized spacial score (nSPS) is 40.9. The van der Waals surface area contributed by atoms with Crippen LogP contribution >= 0.6 is 0 Å². The van der Waals surface area contributed by atoms with Gasteiger partial charge >= 0.3 is 0 Å². The van der Waals surface area contributed by atoms with Gasteiger partial charge in [-0.2, -0.15) is 0 Å². The SMILES string of the molecule is C1=NCCC2CCCC12. The highest BCUT2D eigenvalue weighted by Crippen LogP contribution is 2.34. The summed E-state index contributed by atoms with van der Waals surface area (Å²) in [4.78, 5) is 4.29. The van der Waals surface area contributed by atoms with Crippen molar-refractivity contribution in [3.05, 3.63) is 0 Å². The third kappa shape index (κ3) is 0.887. The molecule has 0 aromatic heterocycles. The van der Waals surface area contributed by atoms with Crippen molar-refractivity contribution in [1.82, 2.24) is 0 Å². The van der Waals surface area contributed by atoms with E-state index in [0.29, 0.717) is 0 Å². The van der Waals surface area contributed by atoms with Crippen LogP contribution < -0.4 is 0 Å². The van der Waals surface area contributed by atoms with Gasteiger partial charge in [-0.05, 0) is 31.1 Å². The molecule has 0 aromatic carbocycles. The Bertz CT molecular complexity index is 129. The lowest BCUT2D eigenvalue weighted by atomic mass is 9.92. The number of nitrogens with zero attached hydrogens (tertiary/aromatic N) is 1. The fraction of sp³-hybridized carbons (Fsp3) is 0.875. The van der Waals surface area contributed by atoms with Crippen molar-refractivity contribution in [2.75, 3.05) is 6.54 Å². The molecule has 9 heavy (non-hydrogen) atoms. The van der Waals surface area contributed by atoms with Crippen LogP contribution in [0.25, 0.3) is 0 Å². The van der Waals surface area contributed by atoms with Crippen LogP contribution in [0.3, 0.4) is 0 Å². The zero-order chi connectivity index (χ0) is 6.10. The van der Waals surface area contributed by atoms with E-state index in [1.807, 2.05) is 0 Å². The average Bonchev–Trinajstić information content (AvgIpc) is 2.33. The highest BCUT2D eigenvalue weighted by atomic mass is 14.7. The third-order valence-corrected chi connectivity index (χ3v) is 2.64. The first-order chi connectivity index (χ1) is 4.47. The van der Waals surface area contributed by atoms with Gasteiger partial charge in [-0.3, -0.25) is 4.99 Å². The maximum absolute atomic E-state index is 4.29. The minimum absolute atomic E-state index is 0.874. The molecule has 2 aliphatic rings. The quantitative estimate of drug-likeness (QED) is 0.466. The maximum atomic E-state index is 4.29. The maximum Gasteiger partial charge on any atom is 0.0388 e. The average molecular weight is 123 g/mol. The molecule has 1 saturated carbocycles. The van der Waals surface area contributed by atoms with Crippen LogP contribution in [-0.2, 0) is 0 Å². The van der Waals surface area contributed by atoms with Gasteiger partial charge in [0.05, 0.1) is 0 Å². The Kier molecular flexibility index (Phi) is 1.29. The van der Waals surface area contributed by atoms with Gasteiger partial charge in [-0.1, -0.05) is 6.42 Å². The molecule has 2 rings (SSSR count). The first-order valence-electron chi connectivity index (χ1n) is 3.97. The lowest BCUT2D eigenvalue weighted by Gasteiger charge is -2.18. The van der Waals surface area contributed by atoms with Gasteiger partial charge in [0.2, 0.25) is 0 Å². The summed E-state index contributed by atoms with van der Waals surface area (Å²) in [5.74, 6) is 1.89. The molecular formula is C8H13N. The molecule has 1 fully saturated rings. The predicted molar refractivity (Wildman–Crippen MR) is 38.8 cm³/mol. The van der Waals surface area contributed by atoms with E-state index in [0.717, 1.165) is 18.4 Å². The molecule has 1 nitrogen and oxygen atoms in total. The molecule has 0 radical (unpaired) electrons. The second-order valence-electron chi connectivity index (χ2n) is 3.20. The number of hydrogen-bond donors (Lipinski definition) is 0. The highest BCUT2D eigenvalue weighted by molar-refractivity contribution is 5.62. The van der Waals surface area contributed by atoms with Crippen LogP contribution in [0.2, 0.25) is 0 Å². The predicted octanol–water partition coefficient (Wildman–Crippen LogP) is 1.88. The second-order valence-corrected chi connectivity index (χ2v) is 3.20. The van der Waals surface area contributed by atoms with Gasteiger partial charge in [0.1, 0.15) is 0 Å². The second kappa shape index (κ2) is 2.13. The Hall–Kier alpha value is -0.330. The standard InChI is InChI=1S/C8H13N/c1-2-7-4-5-9-6-8(7)3-1/h6-8H,1-5H2. The molecule has 0 amide bonds.